The molecule has 6 heteroatoms. The normalized spacial score (nSPS) is 11.2. The molecule has 0 bridgehead atoms. The Bertz CT molecular complexity index is 522. The second-order valence-corrected chi connectivity index (χ2v) is 5.91. The van der Waals surface area contributed by atoms with Crippen molar-refractivity contribution in [3.63, 3.8) is 0 Å². The summed E-state index contributed by atoms with van der Waals surface area (Å²) in [6.07, 6.45) is 0.944. The summed E-state index contributed by atoms with van der Waals surface area (Å²) >= 11 is 0. The number of ether oxygens (including phenoxy) is 1. The molecule has 1 rings (SSSR count). The fourth-order valence-electron chi connectivity index (χ4n) is 1.26. The van der Waals surface area contributed by atoms with Crippen LogP contribution in [0.5, 0.6) is 5.75 Å². The number of sulfone groups is 1. The number of methoxy groups -OCH3 is 1. The molecule has 94 valence electrons. The Morgan fingerprint density at radius 2 is 2.06 bits per heavy atom. The van der Waals surface area contributed by atoms with Crippen LogP contribution in [0.25, 0.3) is 0 Å². The molecule has 0 saturated heterocycles. The number of hydrogen-bond donors (Lipinski definition) is 0. The number of carbonyl (C=O) groups excluding carboxylic acids is 1. The van der Waals surface area contributed by atoms with Gasteiger partial charge in [-0.15, -0.1) is 0 Å². The van der Waals surface area contributed by atoms with Crippen LogP contribution in [0.2, 0.25) is 0 Å². The average molecular weight is 260 g/mol. The van der Waals surface area contributed by atoms with Gasteiger partial charge in [0.05, 0.1) is 12.9 Å². The number of hydrogen-bond acceptors (Lipinski definition) is 4. The maximum absolute atomic E-state index is 13.1. The van der Waals surface area contributed by atoms with Crippen molar-refractivity contribution in [3.05, 3.63) is 29.6 Å². The van der Waals surface area contributed by atoms with E-state index in [4.69, 9.17) is 4.74 Å². The monoisotopic (exact) mass is 260 g/mol. The first-order chi connectivity index (χ1) is 7.83. The Balaban J connectivity index is 2.83. The van der Waals surface area contributed by atoms with Crippen LogP contribution < -0.4 is 4.74 Å². The van der Waals surface area contributed by atoms with E-state index in [2.05, 4.69) is 0 Å². The minimum Gasteiger partial charge on any atom is -0.494 e. The smallest absolute Gasteiger partial charge is 0.165 e. The third-order valence-corrected chi connectivity index (χ3v) is 3.12. The van der Waals surface area contributed by atoms with Crippen molar-refractivity contribution >= 4 is 15.6 Å². The molecular weight excluding hydrogens is 247 g/mol. The molecule has 0 heterocycles. The molecule has 0 aliphatic rings. The Labute approximate surface area is 99.3 Å². The van der Waals surface area contributed by atoms with Gasteiger partial charge >= 0.3 is 0 Å². The molecule has 0 saturated carbocycles. The van der Waals surface area contributed by atoms with Crippen LogP contribution in [0.1, 0.15) is 16.8 Å². The van der Waals surface area contributed by atoms with E-state index in [0.29, 0.717) is 0 Å². The van der Waals surface area contributed by atoms with Gasteiger partial charge in [0.15, 0.2) is 17.3 Å². The number of rotatable bonds is 5. The molecule has 0 radical (unpaired) electrons. The molecule has 1 aromatic carbocycles. The van der Waals surface area contributed by atoms with Crippen molar-refractivity contribution in [1.29, 1.82) is 0 Å². The third kappa shape index (κ3) is 4.14. The second-order valence-electron chi connectivity index (χ2n) is 3.65. The largest absolute Gasteiger partial charge is 0.494 e. The Kier molecular flexibility index (Phi) is 4.22. The SMILES string of the molecule is COc1cc(C(=O)CCS(C)(=O)=O)ccc1F. The zero-order valence-electron chi connectivity index (χ0n) is 9.57. The van der Waals surface area contributed by atoms with Crippen molar-refractivity contribution in [1.82, 2.24) is 0 Å². The summed E-state index contributed by atoms with van der Waals surface area (Å²) in [6.45, 7) is 0. The first-order valence-corrected chi connectivity index (χ1v) is 6.94. The van der Waals surface area contributed by atoms with Crippen molar-refractivity contribution in [2.24, 2.45) is 0 Å². The van der Waals surface area contributed by atoms with Gasteiger partial charge in [-0.05, 0) is 18.2 Å². The van der Waals surface area contributed by atoms with Gasteiger partial charge in [-0.2, -0.15) is 0 Å². The number of Topliss-reactive ketones (excluding diaryl/α,β-unsaturated/α-hetero) is 1. The van der Waals surface area contributed by atoms with Crippen LogP contribution in [0.15, 0.2) is 18.2 Å². The van der Waals surface area contributed by atoms with Gasteiger partial charge in [0.1, 0.15) is 9.84 Å². The van der Waals surface area contributed by atoms with E-state index < -0.39 is 15.7 Å². The van der Waals surface area contributed by atoms with Crippen LogP contribution in [-0.2, 0) is 9.84 Å². The molecule has 0 unspecified atom stereocenters. The van der Waals surface area contributed by atoms with Gasteiger partial charge in [-0.1, -0.05) is 0 Å². The highest BCUT2D eigenvalue weighted by Crippen LogP contribution is 2.19. The van der Waals surface area contributed by atoms with E-state index in [-0.39, 0.29) is 29.3 Å². The fraction of sp³-hybridized carbons (Fsp3) is 0.364. The predicted octanol–water partition coefficient (Wildman–Crippen LogP) is 1.45. The van der Waals surface area contributed by atoms with Crippen LogP contribution in [0.3, 0.4) is 0 Å². The van der Waals surface area contributed by atoms with Crippen LogP contribution in [0, 0.1) is 5.82 Å². The molecule has 1 aromatic rings. The summed E-state index contributed by atoms with van der Waals surface area (Å²) < 4.78 is 39.6. The molecular formula is C11H13FO4S. The quantitative estimate of drug-likeness (QED) is 0.752. The lowest BCUT2D eigenvalue weighted by atomic mass is 10.1. The minimum absolute atomic E-state index is 0.0322. The number of ketones is 1. The zero-order chi connectivity index (χ0) is 13.1. The fourth-order valence-corrected chi connectivity index (χ4v) is 1.81. The molecule has 0 aromatic heterocycles. The Hall–Kier alpha value is -1.43. The maximum atomic E-state index is 13.1. The molecule has 0 atom stereocenters. The van der Waals surface area contributed by atoms with E-state index in [1.54, 1.807) is 0 Å². The lowest BCUT2D eigenvalue weighted by Gasteiger charge is -2.04. The third-order valence-electron chi connectivity index (χ3n) is 2.17. The zero-order valence-corrected chi connectivity index (χ0v) is 10.4. The van der Waals surface area contributed by atoms with Crippen molar-refractivity contribution in [2.45, 2.75) is 6.42 Å². The Morgan fingerprint density at radius 3 is 2.59 bits per heavy atom. The van der Waals surface area contributed by atoms with Gasteiger partial charge < -0.3 is 4.74 Å². The lowest BCUT2D eigenvalue weighted by molar-refractivity contribution is 0.0988. The van der Waals surface area contributed by atoms with E-state index in [1.165, 1.54) is 19.2 Å². The maximum Gasteiger partial charge on any atom is 0.165 e. The highest BCUT2D eigenvalue weighted by atomic mass is 32.2. The molecule has 0 amide bonds. The van der Waals surface area contributed by atoms with Crippen molar-refractivity contribution in [3.8, 4) is 5.75 Å². The first kappa shape index (κ1) is 13.6. The number of halogens is 1. The lowest BCUT2D eigenvalue weighted by Crippen LogP contribution is -2.09. The topological polar surface area (TPSA) is 60.4 Å². The standard InChI is InChI=1S/C11H13FO4S/c1-16-11-7-8(3-4-9(11)12)10(13)5-6-17(2,14)15/h3-4,7H,5-6H2,1-2H3. The molecule has 0 N–H and O–H groups in total. The summed E-state index contributed by atoms with van der Waals surface area (Å²) in [5, 5.41) is 0. The minimum atomic E-state index is -3.18. The van der Waals surface area contributed by atoms with Gasteiger partial charge in [0.25, 0.3) is 0 Å². The number of carbonyl (C=O) groups is 1. The molecule has 0 spiro atoms. The summed E-state index contributed by atoms with van der Waals surface area (Å²) in [5.74, 6) is -1.16. The Morgan fingerprint density at radius 1 is 1.41 bits per heavy atom. The molecule has 0 fully saturated rings. The predicted molar refractivity (Wildman–Crippen MR) is 61.6 cm³/mol. The van der Waals surface area contributed by atoms with Gasteiger partial charge in [0.2, 0.25) is 0 Å². The average Bonchev–Trinajstić information content (AvgIpc) is 2.25. The van der Waals surface area contributed by atoms with E-state index in [9.17, 15) is 17.6 Å². The summed E-state index contributed by atoms with van der Waals surface area (Å²) in [6, 6.07) is 3.69. The van der Waals surface area contributed by atoms with Gasteiger partial charge in [0, 0.05) is 18.2 Å². The summed E-state index contributed by atoms with van der Waals surface area (Å²) in [5.41, 5.74) is 0.243. The number of benzene rings is 1. The molecule has 17 heavy (non-hydrogen) atoms. The molecule has 4 nitrogen and oxygen atoms in total. The van der Waals surface area contributed by atoms with Crippen LogP contribution in [-0.4, -0.2) is 33.3 Å². The van der Waals surface area contributed by atoms with Crippen molar-refractivity contribution < 1.29 is 22.3 Å². The highest BCUT2D eigenvalue weighted by molar-refractivity contribution is 7.90. The van der Waals surface area contributed by atoms with E-state index >= 15 is 0 Å². The van der Waals surface area contributed by atoms with E-state index in [0.717, 1.165) is 12.3 Å². The van der Waals surface area contributed by atoms with Crippen molar-refractivity contribution in [2.75, 3.05) is 19.1 Å². The van der Waals surface area contributed by atoms with Crippen LogP contribution in [0.4, 0.5) is 4.39 Å². The second kappa shape index (κ2) is 5.27. The van der Waals surface area contributed by atoms with Gasteiger partial charge in [-0.3, -0.25) is 4.79 Å². The van der Waals surface area contributed by atoms with Crippen LogP contribution >= 0.6 is 0 Å². The first-order valence-electron chi connectivity index (χ1n) is 4.88. The molecule has 0 aliphatic carbocycles. The summed E-state index contributed by atoms with van der Waals surface area (Å²) in [7, 11) is -1.88. The molecule has 0 aliphatic heterocycles. The van der Waals surface area contributed by atoms with E-state index in [1.807, 2.05) is 0 Å². The highest BCUT2D eigenvalue weighted by Gasteiger charge is 2.12. The van der Waals surface area contributed by atoms with Gasteiger partial charge in [-0.25, -0.2) is 12.8 Å². The summed E-state index contributed by atoms with van der Waals surface area (Å²) in [4.78, 5) is 11.6.